The van der Waals surface area contributed by atoms with E-state index in [2.05, 4.69) is 11.9 Å². The van der Waals surface area contributed by atoms with Crippen LogP contribution in [-0.2, 0) is 4.79 Å². The van der Waals surface area contributed by atoms with Gasteiger partial charge in [0, 0.05) is 25.2 Å². The molecule has 1 saturated carbocycles. The molecule has 104 valence electrons. The molecule has 1 aliphatic heterocycles. The predicted molar refractivity (Wildman–Crippen MR) is 73.2 cm³/mol. The Morgan fingerprint density at radius 3 is 2.11 bits per heavy atom. The average molecular weight is 253 g/mol. The molecule has 4 heteroatoms. The molecule has 1 heterocycles. The first kappa shape index (κ1) is 13.8. The van der Waals surface area contributed by atoms with Gasteiger partial charge in [0.05, 0.1) is 6.04 Å². The van der Waals surface area contributed by atoms with Gasteiger partial charge in [0.25, 0.3) is 0 Å². The van der Waals surface area contributed by atoms with Crippen molar-refractivity contribution in [2.24, 2.45) is 11.7 Å². The van der Waals surface area contributed by atoms with E-state index in [0.717, 1.165) is 32.0 Å². The largest absolute Gasteiger partial charge is 0.341 e. The van der Waals surface area contributed by atoms with Gasteiger partial charge >= 0.3 is 0 Å². The summed E-state index contributed by atoms with van der Waals surface area (Å²) in [5.41, 5.74) is 5.94. The molecule has 2 fully saturated rings. The quantitative estimate of drug-likeness (QED) is 0.815. The van der Waals surface area contributed by atoms with Crippen LogP contribution in [0.1, 0.15) is 39.5 Å². The van der Waals surface area contributed by atoms with Crippen LogP contribution >= 0.6 is 0 Å². The number of carbonyl (C=O) groups is 1. The number of carbonyl (C=O) groups excluding carboxylic acids is 1. The van der Waals surface area contributed by atoms with Crippen LogP contribution in [0.15, 0.2) is 0 Å². The van der Waals surface area contributed by atoms with Crippen LogP contribution in [0.5, 0.6) is 0 Å². The number of nitrogens with two attached hydrogens (primary N) is 1. The highest BCUT2D eigenvalue weighted by atomic mass is 16.2. The third-order valence-corrected chi connectivity index (χ3v) is 4.48. The summed E-state index contributed by atoms with van der Waals surface area (Å²) in [6.45, 7) is 5.77. The van der Waals surface area contributed by atoms with Gasteiger partial charge in [0.15, 0.2) is 0 Å². The SMILES string of the molecule is CC(C)C(N)C(=O)N1CCC(N(C)C2CC2)CC1. The van der Waals surface area contributed by atoms with E-state index in [1.807, 2.05) is 18.7 Å². The van der Waals surface area contributed by atoms with Crippen LogP contribution in [0.2, 0.25) is 0 Å². The second kappa shape index (κ2) is 5.57. The number of amides is 1. The Morgan fingerprint density at radius 2 is 1.67 bits per heavy atom. The average Bonchev–Trinajstić information content (AvgIpc) is 3.20. The first-order chi connectivity index (χ1) is 8.50. The molecule has 0 radical (unpaired) electrons. The van der Waals surface area contributed by atoms with Gasteiger partial charge in [-0.25, -0.2) is 0 Å². The van der Waals surface area contributed by atoms with Crippen molar-refractivity contribution >= 4 is 5.91 Å². The third-order valence-electron chi connectivity index (χ3n) is 4.48. The maximum Gasteiger partial charge on any atom is 0.239 e. The molecule has 0 bridgehead atoms. The molecule has 2 rings (SSSR count). The molecule has 1 unspecified atom stereocenters. The van der Waals surface area contributed by atoms with E-state index in [-0.39, 0.29) is 17.9 Å². The highest BCUT2D eigenvalue weighted by Crippen LogP contribution is 2.30. The summed E-state index contributed by atoms with van der Waals surface area (Å²) in [6, 6.07) is 1.15. The molecule has 0 aromatic heterocycles. The number of nitrogens with zero attached hydrogens (tertiary/aromatic N) is 2. The van der Waals surface area contributed by atoms with Crippen molar-refractivity contribution in [3.8, 4) is 0 Å². The molecule has 18 heavy (non-hydrogen) atoms. The van der Waals surface area contributed by atoms with Crippen molar-refractivity contribution in [2.45, 2.75) is 57.7 Å². The van der Waals surface area contributed by atoms with Crippen LogP contribution in [0.25, 0.3) is 0 Å². The topological polar surface area (TPSA) is 49.6 Å². The van der Waals surface area contributed by atoms with E-state index < -0.39 is 0 Å². The highest BCUT2D eigenvalue weighted by Gasteiger charge is 2.34. The Morgan fingerprint density at radius 1 is 1.17 bits per heavy atom. The monoisotopic (exact) mass is 253 g/mol. The Hall–Kier alpha value is -0.610. The van der Waals surface area contributed by atoms with Gasteiger partial charge in [-0.2, -0.15) is 0 Å². The molecule has 0 aromatic rings. The summed E-state index contributed by atoms with van der Waals surface area (Å²) in [6.07, 6.45) is 4.91. The molecule has 4 nitrogen and oxygen atoms in total. The standard InChI is InChI=1S/C14H27N3O/c1-10(2)13(15)14(18)17-8-6-12(7-9-17)16(3)11-4-5-11/h10-13H,4-9,15H2,1-3H3. The van der Waals surface area contributed by atoms with Crippen molar-refractivity contribution in [1.82, 2.24) is 9.80 Å². The lowest BCUT2D eigenvalue weighted by Crippen LogP contribution is -2.52. The molecule has 0 spiro atoms. The van der Waals surface area contributed by atoms with Gasteiger partial charge in [-0.1, -0.05) is 13.8 Å². The first-order valence-corrected chi connectivity index (χ1v) is 7.27. The van der Waals surface area contributed by atoms with Crippen molar-refractivity contribution in [1.29, 1.82) is 0 Å². The normalized spacial score (nSPS) is 23.8. The molecule has 0 aromatic carbocycles. The minimum atomic E-state index is -0.331. The number of likely N-dealkylation sites (tertiary alicyclic amines) is 1. The summed E-state index contributed by atoms with van der Waals surface area (Å²) < 4.78 is 0. The zero-order valence-corrected chi connectivity index (χ0v) is 11.9. The van der Waals surface area contributed by atoms with Crippen LogP contribution in [0.4, 0.5) is 0 Å². The lowest BCUT2D eigenvalue weighted by Gasteiger charge is -2.38. The third kappa shape index (κ3) is 3.04. The fourth-order valence-corrected chi connectivity index (χ4v) is 2.77. The highest BCUT2D eigenvalue weighted by molar-refractivity contribution is 5.82. The smallest absolute Gasteiger partial charge is 0.239 e. The second-order valence-corrected chi connectivity index (χ2v) is 6.22. The second-order valence-electron chi connectivity index (χ2n) is 6.22. The Kier molecular flexibility index (Phi) is 4.28. The Labute approximate surface area is 110 Å². The zero-order valence-electron chi connectivity index (χ0n) is 11.9. The van der Waals surface area contributed by atoms with Gasteiger partial charge in [0.2, 0.25) is 5.91 Å². The summed E-state index contributed by atoms with van der Waals surface area (Å²) in [5.74, 6) is 0.363. The van der Waals surface area contributed by atoms with Gasteiger partial charge in [0.1, 0.15) is 0 Å². The lowest BCUT2D eigenvalue weighted by molar-refractivity contribution is -0.135. The summed E-state index contributed by atoms with van der Waals surface area (Å²) in [4.78, 5) is 16.6. The van der Waals surface area contributed by atoms with E-state index in [0.29, 0.717) is 6.04 Å². The molecule has 1 atom stereocenters. The van der Waals surface area contributed by atoms with Crippen LogP contribution < -0.4 is 5.73 Å². The number of piperidine rings is 1. The molecular weight excluding hydrogens is 226 g/mol. The number of rotatable bonds is 4. The minimum absolute atomic E-state index is 0.137. The van der Waals surface area contributed by atoms with E-state index in [9.17, 15) is 4.79 Å². The van der Waals surface area contributed by atoms with E-state index >= 15 is 0 Å². The molecule has 2 aliphatic rings. The van der Waals surface area contributed by atoms with Crippen LogP contribution in [0.3, 0.4) is 0 Å². The maximum absolute atomic E-state index is 12.1. The fraction of sp³-hybridized carbons (Fsp3) is 0.929. The molecule has 1 saturated heterocycles. The fourth-order valence-electron chi connectivity index (χ4n) is 2.77. The number of hydrogen-bond acceptors (Lipinski definition) is 3. The number of hydrogen-bond donors (Lipinski definition) is 1. The summed E-state index contributed by atoms with van der Waals surface area (Å²) >= 11 is 0. The zero-order chi connectivity index (χ0) is 13.3. The summed E-state index contributed by atoms with van der Waals surface area (Å²) in [5, 5.41) is 0. The van der Waals surface area contributed by atoms with E-state index in [1.165, 1.54) is 12.8 Å². The van der Waals surface area contributed by atoms with E-state index in [1.54, 1.807) is 0 Å². The maximum atomic E-state index is 12.1. The van der Waals surface area contributed by atoms with Gasteiger partial charge in [-0.05, 0) is 38.6 Å². The lowest BCUT2D eigenvalue weighted by atomic mass is 9.99. The van der Waals surface area contributed by atoms with Gasteiger partial charge in [-0.15, -0.1) is 0 Å². The molecule has 1 aliphatic carbocycles. The molecule has 1 amide bonds. The minimum Gasteiger partial charge on any atom is -0.341 e. The van der Waals surface area contributed by atoms with Gasteiger partial charge in [-0.3, -0.25) is 4.79 Å². The molecular formula is C14H27N3O. The van der Waals surface area contributed by atoms with Crippen LogP contribution in [0, 0.1) is 5.92 Å². The van der Waals surface area contributed by atoms with Crippen molar-refractivity contribution in [2.75, 3.05) is 20.1 Å². The predicted octanol–water partition coefficient (Wildman–Crippen LogP) is 1.05. The van der Waals surface area contributed by atoms with Crippen molar-refractivity contribution in [3.63, 3.8) is 0 Å². The van der Waals surface area contributed by atoms with Crippen molar-refractivity contribution in [3.05, 3.63) is 0 Å². The Bertz CT molecular complexity index is 293. The molecule has 2 N–H and O–H groups in total. The first-order valence-electron chi connectivity index (χ1n) is 7.27. The van der Waals surface area contributed by atoms with Crippen LogP contribution in [-0.4, -0.2) is 54.0 Å². The summed E-state index contributed by atoms with van der Waals surface area (Å²) in [7, 11) is 2.24. The van der Waals surface area contributed by atoms with Gasteiger partial charge < -0.3 is 15.5 Å². The van der Waals surface area contributed by atoms with Crippen molar-refractivity contribution < 1.29 is 4.79 Å². The van der Waals surface area contributed by atoms with E-state index in [4.69, 9.17) is 5.73 Å². The Balaban J connectivity index is 1.80.